The summed E-state index contributed by atoms with van der Waals surface area (Å²) in [4.78, 5) is 25.2. The van der Waals surface area contributed by atoms with Crippen LogP contribution in [0.3, 0.4) is 0 Å². The van der Waals surface area contributed by atoms with Crippen molar-refractivity contribution in [2.45, 2.75) is 12.6 Å². The number of carbonyl (C=O) groups is 2. The van der Waals surface area contributed by atoms with Gasteiger partial charge in [-0.05, 0) is 18.1 Å². The molecule has 5 nitrogen and oxygen atoms in total. The molecule has 0 atom stereocenters. The SMILES string of the molecule is O=C1C=C(Nc2cc(F)c(O)c(F)c2)C(=O)N1CCc1cccc(C(F)(F)F)c1. The fourth-order valence-corrected chi connectivity index (χ4v) is 2.75. The third kappa shape index (κ3) is 4.36. The lowest BCUT2D eigenvalue weighted by Gasteiger charge is -2.16. The number of phenolic OH excluding ortho intramolecular Hbond substituents is 1. The molecule has 0 unspecified atom stereocenters. The molecule has 1 aliphatic heterocycles. The van der Waals surface area contributed by atoms with Crippen LogP contribution in [-0.4, -0.2) is 28.4 Å². The first kappa shape index (κ1) is 20.3. The van der Waals surface area contributed by atoms with Gasteiger partial charge in [0.25, 0.3) is 11.8 Å². The Hall–Kier alpha value is -3.43. The number of nitrogens with one attached hydrogen (secondary N) is 1. The molecule has 29 heavy (non-hydrogen) atoms. The number of halogens is 5. The van der Waals surface area contributed by atoms with Crippen LogP contribution >= 0.6 is 0 Å². The Labute approximate surface area is 161 Å². The van der Waals surface area contributed by atoms with Crippen LogP contribution in [0.4, 0.5) is 27.6 Å². The van der Waals surface area contributed by atoms with Crippen LogP contribution < -0.4 is 5.32 Å². The molecule has 152 valence electrons. The highest BCUT2D eigenvalue weighted by molar-refractivity contribution is 6.17. The van der Waals surface area contributed by atoms with Crippen LogP contribution in [-0.2, 0) is 22.2 Å². The van der Waals surface area contributed by atoms with E-state index < -0.39 is 40.9 Å². The lowest BCUT2D eigenvalue weighted by molar-refractivity contribution is -0.138. The molecule has 0 radical (unpaired) electrons. The van der Waals surface area contributed by atoms with Crippen molar-refractivity contribution in [2.24, 2.45) is 0 Å². The maximum Gasteiger partial charge on any atom is 0.416 e. The summed E-state index contributed by atoms with van der Waals surface area (Å²) in [6, 6.07) is 5.99. The van der Waals surface area contributed by atoms with E-state index in [0.29, 0.717) is 0 Å². The summed E-state index contributed by atoms with van der Waals surface area (Å²) in [7, 11) is 0. The van der Waals surface area contributed by atoms with Gasteiger partial charge in [0.2, 0.25) is 0 Å². The summed E-state index contributed by atoms with van der Waals surface area (Å²) in [6.07, 6.45) is -3.61. The van der Waals surface area contributed by atoms with Crippen molar-refractivity contribution in [3.63, 3.8) is 0 Å². The molecule has 2 aromatic rings. The highest BCUT2D eigenvalue weighted by Crippen LogP contribution is 2.30. The van der Waals surface area contributed by atoms with Crippen LogP contribution in [0.15, 0.2) is 48.2 Å². The second-order valence-corrected chi connectivity index (χ2v) is 6.21. The number of carbonyl (C=O) groups excluding carboxylic acids is 2. The van der Waals surface area contributed by atoms with Crippen molar-refractivity contribution in [3.8, 4) is 5.75 Å². The van der Waals surface area contributed by atoms with Crippen LogP contribution in [0.1, 0.15) is 11.1 Å². The van der Waals surface area contributed by atoms with Gasteiger partial charge in [0.15, 0.2) is 17.4 Å². The number of nitrogens with zero attached hydrogens (tertiary/aromatic N) is 1. The van der Waals surface area contributed by atoms with Crippen molar-refractivity contribution in [1.82, 2.24) is 4.90 Å². The monoisotopic (exact) mass is 412 g/mol. The molecule has 0 aliphatic carbocycles. The van der Waals surface area contributed by atoms with Gasteiger partial charge in [0.1, 0.15) is 5.70 Å². The number of rotatable bonds is 5. The van der Waals surface area contributed by atoms with E-state index in [0.717, 1.165) is 35.2 Å². The number of benzene rings is 2. The lowest BCUT2D eigenvalue weighted by atomic mass is 10.1. The zero-order chi connectivity index (χ0) is 21.3. The van der Waals surface area contributed by atoms with E-state index in [2.05, 4.69) is 5.32 Å². The zero-order valence-corrected chi connectivity index (χ0v) is 14.6. The summed E-state index contributed by atoms with van der Waals surface area (Å²) >= 11 is 0. The van der Waals surface area contributed by atoms with Gasteiger partial charge in [-0.3, -0.25) is 14.5 Å². The van der Waals surface area contributed by atoms with E-state index in [-0.39, 0.29) is 29.9 Å². The Morgan fingerprint density at radius 2 is 1.69 bits per heavy atom. The number of hydrogen-bond donors (Lipinski definition) is 2. The Morgan fingerprint density at radius 1 is 1.03 bits per heavy atom. The molecule has 10 heteroatoms. The maximum absolute atomic E-state index is 13.4. The molecular weight excluding hydrogens is 399 g/mol. The summed E-state index contributed by atoms with van der Waals surface area (Å²) in [5.41, 5.74) is -1.02. The van der Waals surface area contributed by atoms with Crippen molar-refractivity contribution in [2.75, 3.05) is 11.9 Å². The van der Waals surface area contributed by atoms with Crippen LogP contribution in [0, 0.1) is 11.6 Å². The van der Waals surface area contributed by atoms with Gasteiger partial charge < -0.3 is 10.4 Å². The molecule has 2 aromatic carbocycles. The standard InChI is InChI=1S/C19H13F5N2O3/c20-13-7-12(8-14(21)17(13)28)25-15-9-16(27)26(18(15)29)5-4-10-2-1-3-11(6-10)19(22,23)24/h1-3,6-9,25,28H,4-5H2. The summed E-state index contributed by atoms with van der Waals surface area (Å²) in [5.74, 6) is -5.21. The van der Waals surface area contributed by atoms with E-state index in [1.165, 1.54) is 12.1 Å². The molecule has 2 amide bonds. The summed E-state index contributed by atoms with van der Waals surface area (Å²) in [6.45, 7) is -0.182. The highest BCUT2D eigenvalue weighted by atomic mass is 19.4. The van der Waals surface area contributed by atoms with E-state index in [1.54, 1.807) is 0 Å². The average Bonchev–Trinajstić information content (AvgIpc) is 2.90. The smallest absolute Gasteiger partial charge is 0.416 e. The Bertz CT molecular complexity index is 994. The van der Waals surface area contributed by atoms with Crippen molar-refractivity contribution >= 4 is 17.5 Å². The molecule has 1 heterocycles. The first-order chi connectivity index (χ1) is 13.6. The molecule has 0 spiro atoms. The molecular formula is C19H13F5N2O3. The van der Waals surface area contributed by atoms with Gasteiger partial charge >= 0.3 is 6.18 Å². The van der Waals surface area contributed by atoms with Gasteiger partial charge in [-0.25, -0.2) is 8.78 Å². The van der Waals surface area contributed by atoms with Crippen molar-refractivity contribution < 1.29 is 36.6 Å². The molecule has 1 aliphatic rings. The summed E-state index contributed by atoms with van der Waals surface area (Å²) < 4.78 is 65.1. The molecule has 0 aromatic heterocycles. The molecule has 0 saturated carbocycles. The number of anilines is 1. The van der Waals surface area contributed by atoms with Gasteiger partial charge in [-0.2, -0.15) is 13.2 Å². The third-order valence-corrected chi connectivity index (χ3v) is 4.18. The minimum Gasteiger partial charge on any atom is -0.503 e. The Kier molecular flexibility index (Phi) is 5.27. The van der Waals surface area contributed by atoms with Crippen LogP contribution in [0.25, 0.3) is 0 Å². The van der Waals surface area contributed by atoms with E-state index >= 15 is 0 Å². The van der Waals surface area contributed by atoms with Gasteiger partial charge in [0.05, 0.1) is 5.56 Å². The molecule has 0 bridgehead atoms. The average molecular weight is 412 g/mol. The number of imide groups is 1. The Morgan fingerprint density at radius 3 is 2.31 bits per heavy atom. The fraction of sp³-hybridized carbons (Fsp3) is 0.158. The number of hydrogen-bond acceptors (Lipinski definition) is 4. The number of phenols is 1. The third-order valence-electron chi connectivity index (χ3n) is 4.18. The van der Waals surface area contributed by atoms with E-state index in [4.69, 9.17) is 5.11 Å². The van der Waals surface area contributed by atoms with Gasteiger partial charge in [-0.1, -0.05) is 18.2 Å². The minimum absolute atomic E-state index is 0.00894. The predicted octanol–water partition coefficient (Wildman–Crippen LogP) is 3.60. The van der Waals surface area contributed by atoms with E-state index in [9.17, 15) is 31.5 Å². The molecule has 3 rings (SSSR count). The highest BCUT2D eigenvalue weighted by Gasteiger charge is 2.32. The fourth-order valence-electron chi connectivity index (χ4n) is 2.75. The quantitative estimate of drug-likeness (QED) is 0.447. The second kappa shape index (κ2) is 7.53. The zero-order valence-electron chi connectivity index (χ0n) is 14.6. The van der Waals surface area contributed by atoms with Crippen molar-refractivity contribution in [3.05, 3.63) is 70.9 Å². The first-order valence-corrected chi connectivity index (χ1v) is 8.25. The summed E-state index contributed by atoms with van der Waals surface area (Å²) in [5, 5.41) is 11.5. The maximum atomic E-state index is 13.4. The van der Waals surface area contributed by atoms with Gasteiger partial charge in [-0.15, -0.1) is 0 Å². The number of amides is 2. The molecule has 2 N–H and O–H groups in total. The predicted molar refractivity (Wildman–Crippen MR) is 91.6 cm³/mol. The number of aromatic hydroxyl groups is 1. The minimum atomic E-state index is -4.51. The van der Waals surface area contributed by atoms with Crippen molar-refractivity contribution in [1.29, 1.82) is 0 Å². The lowest BCUT2D eigenvalue weighted by Crippen LogP contribution is -2.34. The topological polar surface area (TPSA) is 69.6 Å². The molecule has 0 fully saturated rings. The van der Waals surface area contributed by atoms with Gasteiger partial charge in [0, 0.05) is 30.4 Å². The van der Waals surface area contributed by atoms with E-state index in [1.807, 2.05) is 0 Å². The Balaban J connectivity index is 1.68. The first-order valence-electron chi connectivity index (χ1n) is 8.25. The number of alkyl halides is 3. The van der Waals surface area contributed by atoms with Crippen LogP contribution in [0.2, 0.25) is 0 Å². The largest absolute Gasteiger partial charge is 0.503 e. The van der Waals surface area contributed by atoms with Crippen LogP contribution in [0.5, 0.6) is 5.75 Å². The second-order valence-electron chi connectivity index (χ2n) is 6.21. The normalized spacial score (nSPS) is 14.4. The molecule has 0 saturated heterocycles.